The number of nitrogens with zero attached hydrogens (tertiary/aromatic N) is 5. The quantitative estimate of drug-likeness (QED) is 0.381. The molecule has 0 aliphatic rings. The number of fused-ring (bicyclic) bond motifs is 1. The van der Waals surface area contributed by atoms with Crippen molar-refractivity contribution in [3.05, 3.63) is 87.9 Å². The first-order valence-electron chi connectivity index (χ1n) is 10.5. The number of nitrogen functional groups attached to an aromatic ring is 1. The molecule has 0 bridgehead atoms. The molecule has 1 unspecified atom stereocenters. The number of halogens is 1. The third-order valence-electron chi connectivity index (χ3n) is 5.45. The van der Waals surface area contributed by atoms with Crippen LogP contribution in [0.1, 0.15) is 24.6 Å². The van der Waals surface area contributed by atoms with Crippen LogP contribution in [0.2, 0.25) is 5.02 Å². The maximum atomic E-state index is 13.6. The minimum Gasteiger partial charge on any atom is -0.421 e. The number of hydrogen-bond donors (Lipinski definition) is 2. The van der Waals surface area contributed by atoms with Crippen molar-refractivity contribution in [3.8, 4) is 17.1 Å². The van der Waals surface area contributed by atoms with Crippen molar-refractivity contribution < 1.29 is 4.42 Å². The average molecular weight is 474 g/mol. The van der Waals surface area contributed by atoms with Crippen LogP contribution in [-0.4, -0.2) is 24.7 Å². The molecule has 0 amide bonds. The fraction of sp³-hybridized carbons (Fsp3) is 0.125. The molecule has 0 saturated carbocycles. The zero-order valence-corrected chi connectivity index (χ0v) is 19.1. The fourth-order valence-electron chi connectivity index (χ4n) is 3.90. The smallest absolute Gasteiger partial charge is 0.264 e. The van der Waals surface area contributed by atoms with E-state index in [1.54, 1.807) is 17.6 Å². The van der Waals surface area contributed by atoms with Crippen LogP contribution in [0.4, 0.5) is 11.6 Å². The van der Waals surface area contributed by atoms with E-state index in [2.05, 4.69) is 25.5 Å². The van der Waals surface area contributed by atoms with Gasteiger partial charge in [-0.1, -0.05) is 41.9 Å². The summed E-state index contributed by atoms with van der Waals surface area (Å²) in [6, 6.07) is 16.3. The van der Waals surface area contributed by atoms with Crippen LogP contribution in [0, 0.1) is 6.92 Å². The normalized spacial score (nSPS) is 12.1. The lowest BCUT2D eigenvalue weighted by Gasteiger charge is -2.22. The summed E-state index contributed by atoms with van der Waals surface area (Å²) in [5.41, 5.74) is 7.73. The Hall–Kier alpha value is -4.24. The molecule has 5 aromatic rings. The molecule has 0 saturated heterocycles. The first-order valence-corrected chi connectivity index (χ1v) is 10.9. The molecule has 0 aliphatic heterocycles. The van der Waals surface area contributed by atoms with Gasteiger partial charge in [0.25, 0.3) is 11.4 Å². The van der Waals surface area contributed by atoms with E-state index in [-0.39, 0.29) is 23.3 Å². The zero-order chi connectivity index (χ0) is 23.8. The predicted molar refractivity (Wildman–Crippen MR) is 131 cm³/mol. The molecule has 1 atom stereocenters. The molecule has 3 aromatic heterocycles. The lowest BCUT2D eigenvalue weighted by Crippen LogP contribution is -2.26. The molecule has 3 heterocycles. The van der Waals surface area contributed by atoms with Gasteiger partial charge in [-0.05, 0) is 36.6 Å². The Kier molecular flexibility index (Phi) is 5.46. The van der Waals surface area contributed by atoms with E-state index in [9.17, 15) is 4.79 Å². The average Bonchev–Trinajstić information content (AvgIpc) is 3.25. The number of nitrogens with two attached hydrogens (primary N) is 1. The summed E-state index contributed by atoms with van der Waals surface area (Å²) in [5, 5.41) is 12.9. The number of hydrogen-bond acceptors (Lipinski definition) is 8. The van der Waals surface area contributed by atoms with Gasteiger partial charge < -0.3 is 15.5 Å². The van der Waals surface area contributed by atoms with Crippen LogP contribution in [0.15, 0.2) is 70.1 Å². The number of aryl methyl sites for hydroxylation is 1. The van der Waals surface area contributed by atoms with Crippen molar-refractivity contribution in [3.63, 3.8) is 0 Å². The van der Waals surface area contributed by atoms with Gasteiger partial charge >= 0.3 is 0 Å². The van der Waals surface area contributed by atoms with Gasteiger partial charge in [0.05, 0.1) is 16.5 Å². The Morgan fingerprint density at radius 1 is 1.09 bits per heavy atom. The Bertz CT molecular complexity index is 1560. The molecule has 9 nitrogen and oxygen atoms in total. The van der Waals surface area contributed by atoms with E-state index in [0.29, 0.717) is 39.1 Å². The van der Waals surface area contributed by atoms with Crippen LogP contribution >= 0.6 is 11.6 Å². The molecule has 3 N–H and O–H groups in total. The van der Waals surface area contributed by atoms with Gasteiger partial charge in [0.1, 0.15) is 23.5 Å². The Morgan fingerprint density at radius 3 is 2.62 bits per heavy atom. The maximum absolute atomic E-state index is 13.6. The van der Waals surface area contributed by atoms with Crippen LogP contribution in [0.3, 0.4) is 0 Å². The molecule has 170 valence electrons. The Morgan fingerprint density at radius 2 is 1.88 bits per heavy atom. The van der Waals surface area contributed by atoms with Crippen LogP contribution in [-0.2, 0) is 0 Å². The minimum atomic E-state index is -0.381. The molecule has 34 heavy (non-hydrogen) atoms. The van der Waals surface area contributed by atoms with Gasteiger partial charge in [-0.3, -0.25) is 9.36 Å². The summed E-state index contributed by atoms with van der Waals surface area (Å²) in [4.78, 5) is 22.1. The Labute approximate surface area is 199 Å². The predicted octanol–water partition coefficient (Wildman–Crippen LogP) is 4.55. The number of pyridine rings is 1. The molecule has 2 aromatic carbocycles. The highest BCUT2D eigenvalue weighted by molar-refractivity contribution is 6.35. The molecule has 10 heteroatoms. The van der Waals surface area contributed by atoms with Crippen molar-refractivity contribution in [1.82, 2.24) is 24.7 Å². The highest BCUT2D eigenvalue weighted by atomic mass is 35.5. The van der Waals surface area contributed by atoms with Crippen molar-refractivity contribution in [2.75, 3.05) is 11.1 Å². The summed E-state index contributed by atoms with van der Waals surface area (Å²) in [7, 11) is 0. The molecule has 0 aliphatic carbocycles. The van der Waals surface area contributed by atoms with Crippen LogP contribution < -0.4 is 16.6 Å². The van der Waals surface area contributed by atoms with Gasteiger partial charge in [-0.2, -0.15) is 0 Å². The highest BCUT2D eigenvalue weighted by Gasteiger charge is 2.22. The number of para-hydroxylation sites is 1. The van der Waals surface area contributed by atoms with Crippen LogP contribution in [0.5, 0.6) is 0 Å². The first kappa shape index (κ1) is 21.6. The first-order chi connectivity index (χ1) is 16.4. The fourth-order valence-corrected chi connectivity index (χ4v) is 4.16. The van der Waals surface area contributed by atoms with Crippen molar-refractivity contribution in [2.24, 2.45) is 0 Å². The monoisotopic (exact) mass is 473 g/mol. The summed E-state index contributed by atoms with van der Waals surface area (Å²) < 4.78 is 7.22. The molecule has 0 spiro atoms. The highest BCUT2D eigenvalue weighted by Crippen LogP contribution is 2.33. The lowest BCUT2D eigenvalue weighted by molar-refractivity contribution is 0.532. The van der Waals surface area contributed by atoms with Gasteiger partial charge in [0, 0.05) is 18.3 Å². The number of nitrogens with one attached hydrogen (secondary N) is 1. The molecule has 0 fully saturated rings. The third-order valence-corrected chi connectivity index (χ3v) is 5.77. The van der Waals surface area contributed by atoms with E-state index < -0.39 is 0 Å². The van der Waals surface area contributed by atoms with Crippen molar-refractivity contribution in [1.29, 1.82) is 0 Å². The second-order valence-corrected chi connectivity index (χ2v) is 8.13. The molecule has 0 radical (unpaired) electrons. The van der Waals surface area contributed by atoms with Crippen LogP contribution in [0.25, 0.3) is 27.9 Å². The maximum Gasteiger partial charge on any atom is 0.264 e. The SMILES string of the molecule is Cc1nnc(-c2c(N)ncnc2NC(C)c2cc3cccc(Cl)c3c(=O)n2-c2ccccc2)o1. The summed E-state index contributed by atoms with van der Waals surface area (Å²) in [6.07, 6.45) is 1.35. The standard InChI is InChI=1S/C24H20ClN7O2/c1-13(29-22-20(21(26)27-12-28-22)23-31-30-14(2)34-23)18-11-15-7-6-10-17(25)19(15)24(33)32(18)16-8-4-3-5-9-16/h3-13H,1-2H3,(H3,26,27,28,29). The largest absolute Gasteiger partial charge is 0.421 e. The van der Waals surface area contributed by atoms with Crippen molar-refractivity contribution in [2.45, 2.75) is 19.9 Å². The number of benzene rings is 2. The van der Waals surface area contributed by atoms with Crippen molar-refractivity contribution >= 4 is 34.0 Å². The Balaban J connectivity index is 1.68. The van der Waals surface area contributed by atoms with E-state index >= 15 is 0 Å². The summed E-state index contributed by atoms with van der Waals surface area (Å²) in [5.74, 6) is 1.19. The number of rotatable bonds is 5. The zero-order valence-electron chi connectivity index (χ0n) is 18.4. The topological polar surface area (TPSA) is 125 Å². The minimum absolute atomic E-state index is 0.194. The third kappa shape index (κ3) is 3.75. The van der Waals surface area contributed by atoms with Gasteiger partial charge in [0.2, 0.25) is 5.89 Å². The van der Waals surface area contributed by atoms with E-state index in [1.165, 1.54) is 6.33 Å². The molecule has 5 rings (SSSR count). The van der Waals surface area contributed by atoms with E-state index in [4.69, 9.17) is 21.8 Å². The van der Waals surface area contributed by atoms with E-state index in [1.807, 2.05) is 55.5 Å². The number of anilines is 2. The van der Waals surface area contributed by atoms with Gasteiger partial charge in [-0.25, -0.2) is 9.97 Å². The molecular formula is C24H20ClN7O2. The molecular weight excluding hydrogens is 454 g/mol. The van der Waals surface area contributed by atoms with Gasteiger partial charge in [-0.15, -0.1) is 10.2 Å². The second-order valence-electron chi connectivity index (χ2n) is 7.72. The van der Waals surface area contributed by atoms with Gasteiger partial charge in [0.15, 0.2) is 0 Å². The summed E-state index contributed by atoms with van der Waals surface area (Å²) >= 11 is 6.41. The second kappa shape index (κ2) is 8.60. The van der Waals surface area contributed by atoms with E-state index in [0.717, 1.165) is 5.39 Å². The summed E-state index contributed by atoms with van der Waals surface area (Å²) in [6.45, 7) is 3.61. The number of aromatic nitrogens is 5. The lowest BCUT2D eigenvalue weighted by atomic mass is 10.1.